The summed E-state index contributed by atoms with van der Waals surface area (Å²) in [7, 11) is 0. The molecule has 1 aliphatic rings. The van der Waals surface area contributed by atoms with Gasteiger partial charge in [0, 0.05) is 12.7 Å². The molecule has 4 heteroatoms. The van der Waals surface area contributed by atoms with Gasteiger partial charge in [0.25, 0.3) is 0 Å². The largest absolute Gasteiger partial charge is 0.394 e. The van der Waals surface area contributed by atoms with Gasteiger partial charge in [0.05, 0.1) is 23.5 Å². The topological polar surface area (TPSA) is 49.6 Å². The molecular weight excluding hydrogens is 286 g/mol. The summed E-state index contributed by atoms with van der Waals surface area (Å²) >= 11 is 0. The number of rotatable bonds is 4. The minimum absolute atomic E-state index is 0.111. The Morgan fingerprint density at radius 1 is 1.22 bits per heavy atom. The van der Waals surface area contributed by atoms with Crippen LogP contribution in [0.1, 0.15) is 28.9 Å². The molecule has 118 valence electrons. The Bertz CT molecular complexity index is 855. The van der Waals surface area contributed by atoms with E-state index in [1.165, 1.54) is 11.1 Å². The molecule has 0 bridgehead atoms. The number of aliphatic hydroxyl groups is 1. The first-order valence-corrected chi connectivity index (χ1v) is 8.10. The molecule has 0 spiro atoms. The minimum atomic E-state index is -0.345. The van der Waals surface area contributed by atoms with Gasteiger partial charge in [0.15, 0.2) is 0 Å². The van der Waals surface area contributed by atoms with Crippen LogP contribution < -0.4 is 5.32 Å². The van der Waals surface area contributed by atoms with Crippen LogP contribution in [-0.2, 0) is 18.5 Å². The number of imidazole rings is 1. The molecular formula is C19H21N3O. The fourth-order valence-electron chi connectivity index (χ4n) is 3.72. The summed E-state index contributed by atoms with van der Waals surface area (Å²) in [4.78, 5) is 4.61. The molecule has 4 rings (SSSR count). The zero-order valence-electron chi connectivity index (χ0n) is 13.3. The molecule has 0 saturated heterocycles. The van der Waals surface area contributed by atoms with Gasteiger partial charge in [-0.15, -0.1) is 0 Å². The lowest BCUT2D eigenvalue weighted by Gasteiger charge is -2.30. The maximum absolute atomic E-state index is 10.1. The number of pyridine rings is 1. The molecule has 1 unspecified atom stereocenters. The molecule has 1 atom stereocenters. The van der Waals surface area contributed by atoms with E-state index in [2.05, 4.69) is 39.0 Å². The average Bonchev–Trinajstić information content (AvgIpc) is 3.11. The predicted molar refractivity (Wildman–Crippen MR) is 90.3 cm³/mol. The Hall–Kier alpha value is -2.17. The molecule has 1 aromatic carbocycles. The Morgan fingerprint density at radius 2 is 2.04 bits per heavy atom. The Kier molecular flexibility index (Phi) is 3.43. The highest BCUT2D eigenvalue weighted by molar-refractivity contribution is 5.43. The third-order valence-electron chi connectivity index (χ3n) is 5.05. The van der Waals surface area contributed by atoms with E-state index < -0.39 is 0 Å². The average molecular weight is 307 g/mol. The van der Waals surface area contributed by atoms with Crippen molar-refractivity contribution >= 4 is 5.65 Å². The number of nitrogens with zero attached hydrogens (tertiary/aromatic N) is 2. The van der Waals surface area contributed by atoms with Crippen molar-refractivity contribution in [2.24, 2.45) is 0 Å². The maximum atomic E-state index is 10.1. The summed E-state index contributed by atoms with van der Waals surface area (Å²) in [5, 5.41) is 13.7. The molecule has 2 N–H and O–H groups in total. The van der Waals surface area contributed by atoms with Crippen LogP contribution in [0.4, 0.5) is 0 Å². The first-order valence-electron chi connectivity index (χ1n) is 8.10. The monoisotopic (exact) mass is 307 g/mol. The van der Waals surface area contributed by atoms with Crippen LogP contribution in [-0.4, -0.2) is 21.1 Å². The molecule has 0 fully saturated rings. The standard InChI is InChI=1S/C19H21N3O/c1-14-17(22-11-5-4-8-18(22)21-14)12-20-19(13-23)10-9-15-6-2-3-7-16(15)19/h2-8,11,20,23H,9-10,12-13H2,1H3. The molecule has 2 heterocycles. The molecule has 0 saturated carbocycles. The van der Waals surface area contributed by atoms with Gasteiger partial charge in [0.2, 0.25) is 0 Å². The second-order valence-electron chi connectivity index (χ2n) is 6.32. The summed E-state index contributed by atoms with van der Waals surface area (Å²) in [6.45, 7) is 2.84. The molecule has 2 aromatic heterocycles. The van der Waals surface area contributed by atoms with Crippen LogP contribution in [0.15, 0.2) is 48.7 Å². The van der Waals surface area contributed by atoms with E-state index in [4.69, 9.17) is 0 Å². The van der Waals surface area contributed by atoms with Gasteiger partial charge >= 0.3 is 0 Å². The number of nitrogens with one attached hydrogen (secondary N) is 1. The van der Waals surface area contributed by atoms with Gasteiger partial charge in [-0.1, -0.05) is 30.3 Å². The number of aryl methyl sites for hydroxylation is 2. The fourth-order valence-corrected chi connectivity index (χ4v) is 3.72. The van der Waals surface area contributed by atoms with E-state index in [9.17, 15) is 5.11 Å². The lowest BCUT2D eigenvalue weighted by atomic mass is 9.92. The highest BCUT2D eigenvalue weighted by Gasteiger charge is 2.37. The zero-order valence-corrected chi connectivity index (χ0v) is 13.3. The van der Waals surface area contributed by atoms with Crippen molar-refractivity contribution in [2.45, 2.75) is 31.8 Å². The Balaban J connectivity index is 1.66. The number of aliphatic hydroxyl groups excluding tert-OH is 1. The van der Waals surface area contributed by atoms with Crippen LogP contribution in [0.3, 0.4) is 0 Å². The summed E-state index contributed by atoms with van der Waals surface area (Å²) in [6.07, 6.45) is 3.98. The van der Waals surface area contributed by atoms with Crippen LogP contribution in [0, 0.1) is 6.92 Å². The summed E-state index contributed by atoms with van der Waals surface area (Å²) in [5.74, 6) is 0. The number of hydrogen-bond donors (Lipinski definition) is 2. The third-order valence-corrected chi connectivity index (χ3v) is 5.05. The van der Waals surface area contributed by atoms with E-state index in [0.717, 1.165) is 29.9 Å². The molecule has 0 aliphatic heterocycles. The number of hydrogen-bond acceptors (Lipinski definition) is 3. The van der Waals surface area contributed by atoms with E-state index in [1.807, 2.05) is 31.3 Å². The maximum Gasteiger partial charge on any atom is 0.137 e. The summed E-state index contributed by atoms with van der Waals surface area (Å²) in [6, 6.07) is 14.5. The van der Waals surface area contributed by atoms with Crippen LogP contribution >= 0.6 is 0 Å². The Labute approximate surface area is 135 Å². The predicted octanol–water partition coefficient (Wildman–Crippen LogP) is 2.57. The van der Waals surface area contributed by atoms with Crippen LogP contribution in [0.2, 0.25) is 0 Å². The first kappa shape index (κ1) is 14.4. The molecule has 0 amide bonds. The van der Waals surface area contributed by atoms with Gasteiger partial charge in [-0.2, -0.15) is 0 Å². The first-order chi connectivity index (χ1) is 11.2. The minimum Gasteiger partial charge on any atom is -0.394 e. The molecule has 23 heavy (non-hydrogen) atoms. The highest BCUT2D eigenvalue weighted by atomic mass is 16.3. The molecule has 4 nitrogen and oxygen atoms in total. The number of aromatic nitrogens is 2. The van der Waals surface area contributed by atoms with Gasteiger partial charge in [0.1, 0.15) is 5.65 Å². The number of fused-ring (bicyclic) bond motifs is 2. The van der Waals surface area contributed by atoms with Crippen LogP contribution in [0.5, 0.6) is 0 Å². The normalized spacial score (nSPS) is 20.1. The Morgan fingerprint density at radius 3 is 2.91 bits per heavy atom. The third kappa shape index (κ3) is 2.26. The van der Waals surface area contributed by atoms with E-state index >= 15 is 0 Å². The van der Waals surface area contributed by atoms with Crippen molar-refractivity contribution < 1.29 is 5.11 Å². The molecule has 0 radical (unpaired) electrons. The van der Waals surface area contributed by atoms with E-state index in [0.29, 0.717) is 6.54 Å². The smallest absolute Gasteiger partial charge is 0.137 e. The van der Waals surface area contributed by atoms with Crippen molar-refractivity contribution in [3.63, 3.8) is 0 Å². The van der Waals surface area contributed by atoms with E-state index in [1.54, 1.807) is 0 Å². The highest BCUT2D eigenvalue weighted by Crippen LogP contribution is 2.36. The molecule has 3 aromatic rings. The number of benzene rings is 1. The summed E-state index contributed by atoms with van der Waals surface area (Å²) < 4.78 is 2.12. The quantitative estimate of drug-likeness (QED) is 0.779. The van der Waals surface area contributed by atoms with Gasteiger partial charge < -0.3 is 9.51 Å². The zero-order chi connectivity index (χ0) is 15.9. The molecule has 1 aliphatic carbocycles. The van der Waals surface area contributed by atoms with Crippen molar-refractivity contribution in [3.8, 4) is 0 Å². The van der Waals surface area contributed by atoms with E-state index in [-0.39, 0.29) is 12.1 Å². The van der Waals surface area contributed by atoms with Crippen molar-refractivity contribution in [3.05, 3.63) is 71.2 Å². The van der Waals surface area contributed by atoms with Gasteiger partial charge in [-0.05, 0) is 43.0 Å². The lowest BCUT2D eigenvalue weighted by Crippen LogP contribution is -2.43. The van der Waals surface area contributed by atoms with Gasteiger partial charge in [-0.25, -0.2) is 4.98 Å². The fraction of sp³-hybridized carbons (Fsp3) is 0.316. The van der Waals surface area contributed by atoms with Crippen LogP contribution in [0.25, 0.3) is 5.65 Å². The lowest BCUT2D eigenvalue weighted by molar-refractivity contribution is 0.158. The SMILES string of the molecule is Cc1nc2ccccn2c1CNC1(CO)CCc2ccccc21. The van der Waals surface area contributed by atoms with Crippen molar-refractivity contribution in [2.75, 3.05) is 6.61 Å². The summed E-state index contributed by atoms with van der Waals surface area (Å²) in [5.41, 5.74) is 5.37. The van der Waals surface area contributed by atoms with Crippen molar-refractivity contribution in [1.29, 1.82) is 0 Å². The second-order valence-corrected chi connectivity index (χ2v) is 6.32. The van der Waals surface area contributed by atoms with Crippen molar-refractivity contribution in [1.82, 2.24) is 14.7 Å². The second kappa shape index (κ2) is 5.48. The van der Waals surface area contributed by atoms with Gasteiger partial charge in [-0.3, -0.25) is 5.32 Å².